The number of benzene rings is 1. The van der Waals surface area contributed by atoms with Gasteiger partial charge in [-0.2, -0.15) is 13.2 Å². The molecule has 0 unspecified atom stereocenters. The first kappa shape index (κ1) is 24.7. The molecule has 4 nitrogen and oxygen atoms in total. The molecular weight excluding hydrogens is 410 g/mol. The quantitative estimate of drug-likeness (QED) is 0.651. The number of amides is 1. The van der Waals surface area contributed by atoms with Gasteiger partial charge in [-0.05, 0) is 31.5 Å². The average molecular weight is 430 g/mol. The maximum absolute atomic E-state index is 12.8. The maximum Gasteiger partial charge on any atom is 0.416 e. The number of carbonyl (C=O) groups excluding carboxylic acids is 1. The molecule has 0 aliphatic rings. The molecule has 1 aromatic carbocycles. The van der Waals surface area contributed by atoms with Crippen LogP contribution in [0.1, 0.15) is 24.1 Å². The Morgan fingerprint density at radius 3 is 2.62 bits per heavy atom. The van der Waals surface area contributed by atoms with E-state index in [1.165, 1.54) is 17.4 Å². The number of nitrogens with two attached hydrogens (primary N) is 1. The highest BCUT2D eigenvalue weighted by Gasteiger charge is 2.30. The fourth-order valence-corrected chi connectivity index (χ4v) is 2.89. The largest absolute Gasteiger partial charge is 0.416 e. The summed E-state index contributed by atoms with van der Waals surface area (Å²) >= 11 is 1.22. The van der Waals surface area contributed by atoms with Gasteiger partial charge >= 0.3 is 6.18 Å². The minimum atomic E-state index is -4.39. The zero-order valence-corrected chi connectivity index (χ0v) is 16.2. The molecule has 1 heterocycles. The number of nitrogens with one attached hydrogen (secondary N) is 1. The lowest BCUT2D eigenvalue weighted by atomic mass is 10.1. The second kappa shape index (κ2) is 11.4. The Bertz CT molecular complexity index is 695. The standard InChI is InChI=1S/C16H18F3N3OS.2ClH/c17-16(18,19)12-5-3-4-11(8-12)15-22-13(10-24-15)9-14(23)21-7-2-1-6-20;;/h3-5,8,10H,1-2,6-7,9,20H2,(H,21,23);2*1H. The normalized spacial score (nSPS) is 10.6. The number of alkyl halides is 3. The maximum atomic E-state index is 12.8. The van der Waals surface area contributed by atoms with Crippen molar-refractivity contribution >= 4 is 42.1 Å². The monoisotopic (exact) mass is 429 g/mol. The first-order valence-electron chi connectivity index (χ1n) is 7.49. The molecule has 0 aliphatic carbocycles. The number of halogens is 5. The number of thiazole rings is 1. The number of hydrogen-bond donors (Lipinski definition) is 2. The van der Waals surface area contributed by atoms with Crippen LogP contribution in [0.2, 0.25) is 0 Å². The van der Waals surface area contributed by atoms with E-state index >= 15 is 0 Å². The Hall–Kier alpha value is -1.35. The summed E-state index contributed by atoms with van der Waals surface area (Å²) in [6.07, 6.45) is -2.62. The van der Waals surface area contributed by atoms with Gasteiger partial charge in [0.1, 0.15) is 5.01 Å². The van der Waals surface area contributed by atoms with Crippen molar-refractivity contribution in [3.05, 3.63) is 40.9 Å². The SMILES string of the molecule is Cl.Cl.NCCCCNC(=O)Cc1csc(-c2cccc(C(F)(F)F)c2)n1. The van der Waals surface area contributed by atoms with Crippen molar-refractivity contribution in [3.63, 3.8) is 0 Å². The molecule has 146 valence electrons. The van der Waals surface area contributed by atoms with Gasteiger partial charge in [0.2, 0.25) is 5.91 Å². The van der Waals surface area contributed by atoms with E-state index in [1.807, 2.05) is 0 Å². The first-order chi connectivity index (χ1) is 11.4. The second-order valence-electron chi connectivity index (χ2n) is 5.25. The summed E-state index contributed by atoms with van der Waals surface area (Å²) in [6, 6.07) is 5.01. The Morgan fingerprint density at radius 1 is 1.23 bits per heavy atom. The van der Waals surface area contributed by atoms with Gasteiger partial charge in [-0.1, -0.05) is 12.1 Å². The van der Waals surface area contributed by atoms with Gasteiger partial charge in [-0.3, -0.25) is 4.79 Å². The fraction of sp³-hybridized carbons (Fsp3) is 0.375. The molecule has 0 saturated heterocycles. The van der Waals surface area contributed by atoms with Gasteiger partial charge in [0, 0.05) is 17.5 Å². The minimum absolute atomic E-state index is 0. The summed E-state index contributed by atoms with van der Waals surface area (Å²) in [7, 11) is 0. The highest BCUT2D eigenvalue weighted by atomic mass is 35.5. The predicted octanol–water partition coefficient (Wildman–Crippen LogP) is 4.07. The summed E-state index contributed by atoms with van der Waals surface area (Å²) in [5.74, 6) is -0.159. The summed E-state index contributed by atoms with van der Waals surface area (Å²) in [5, 5.41) is 4.92. The topological polar surface area (TPSA) is 68.0 Å². The second-order valence-corrected chi connectivity index (χ2v) is 6.10. The third-order valence-corrected chi connectivity index (χ3v) is 4.22. The van der Waals surface area contributed by atoms with E-state index in [-0.39, 0.29) is 37.1 Å². The van der Waals surface area contributed by atoms with Crippen molar-refractivity contribution in [2.45, 2.75) is 25.4 Å². The van der Waals surface area contributed by atoms with Crippen LogP contribution in [-0.2, 0) is 17.4 Å². The van der Waals surface area contributed by atoms with Crippen LogP contribution in [-0.4, -0.2) is 24.0 Å². The zero-order chi connectivity index (χ0) is 17.6. The van der Waals surface area contributed by atoms with Gasteiger partial charge in [0.15, 0.2) is 0 Å². The number of hydrogen-bond acceptors (Lipinski definition) is 4. The van der Waals surface area contributed by atoms with E-state index in [1.54, 1.807) is 11.4 Å². The molecule has 1 amide bonds. The number of unbranched alkanes of at least 4 members (excludes halogenated alkanes) is 1. The summed E-state index contributed by atoms with van der Waals surface area (Å²) in [6.45, 7) is 1.14. The molecule has 10 heteroatoms. The van der Waals surface area contributed by atoms with E-state index < -0.39 is 11.7 Å². The highest BCUT2D eigenvalue weighted by Crippen LogP contribution is 2.33. The van der Waals surface area contributed by atoms with Crippen LogP contribution in [0.25, 0.3) is 10.6 Å². The Kier molecular flexibility index (Phi) is 10.8. The third-order valence-electron chi connectivity index (χ3n) is 3.28. The Balaban J connectivity index is 0.00000312. The van der Waals surface area contributed by atoms with Crippen molar-refractivity contribution < 1.29 is 18.0 Å². The van der Waals surface area contributed by atoms with Crippen LogP contribution >= 0.6 is 36.2 Å². The molecule has 0 atom stereocenters. The minimum Gasteiger partial charge on any atom is -0.356 e. The van der Waals surface area contributed by atoms with Crippen LogP contribution in [0, 0.1) is 0 Å². The number of rotatable bonds is 7. The van der Waals surface area contributed by atoms with E-state index in [4.69, 9.17) is 5.73 Å². The Morgan fingerprint density at radius 2 is 1.96 bits per heavy atom. The van der Waals surface area contributed by atoms with Gasteiger partial charge in [-0.15, -0.1) is 36.2 Å². The van der Waals surface area contributed by atoms with Crippen LogP contribution < -0.4 is 11.1 Å². The summed E-state index contributed by atoms with van der Waals surface area (Å²) in [4.78, 5) is 16.0. The van der Waals surface area contributed by atoms with Crippen molar-refractivity contribution in [2.24, 2.45) is 5.73 Å². The zero-order valence-electron chi connectivity index (χ0n) is 13.7. The molecule has 0 radical (unpaired) electrons. The van der Waals surface area contributed by atoms with E-state index in [2.05, 4.69) is 10.3 Å². The van der Waals surface area contributed by atoms with E-state index in [0.29, 0.717) is 29.4 Å². The van der Waals surface area contributed by atoms with Crippen molar-refractivity contribution in [2.75, 3.05) is 13.1 Å². The molecule has 0 fully saturated rings. The van der Waals surface area contributed by atoms with Crippen molar-refractivity contribution in [3.8, 4) is 10.6 Å². The van der Waals surface area contributed by atoms with Gasteiger partial charge in [0.05, 0.1) is 17.7 Å². The molecule has 3 N–H and O–H groups in total. The van der Waals surface area contributed by atoms with Gasteiger partial charge < -0.3 is 11.1 Å². The number of nitrogens with zero attached hydrogens (tertiary/aromatic N) is 1. The summed E-state index contributed by atoms with van der Waals surface area (Å²) < 4.78 is 38.3. The molecule has 1 aromatic heterocycles. The lowest BCUT2D eigenvalue weighted by molar-refractivity contribution is -0.137. The molecule has 2 aromatic rings. The smallest absolute Gasteiger partial charge is 0.356 e. The molecule has 0 bridgehead atoms. The van der Waals surface area contributed by atoms with E-state index in [0.717, 1.165) is 25.0 Å². The molecular formula is C16H20Cl2F3N3OS. The van der Waals surface area contributed by atoms with Crippen LogP contribution in [0.5, 0.6) is 0 Å². The van der Waals surface area contributed by atoms with Crippen molar-refractivity contribution in [1.82, 2.24) is 10.3 Å². The third kappa shape index (κ3) is 7.49. The predicted molar refractivity (Wildman–Crippen MR) is 102 cm³/mol. The highest BCUT2D eigenvalue weighted by molar-refractivity contribution is 7.13. The molecule has 0 aliphatic heterocycles. The molecule has 26 heavy (non-hydrogen) atoms. The first-order valence-corrected chi connectivity index (χ1v) is 8.37. The fourth-order valence-electron chi connectivity index (χ4n) is 2.07. The lowest BCUT2D eigenvalue weighted by Crippen LogP contribution is -2.26. The van der Waals surface area contributed by atoms with Crippen LogP contribution in [0.15, 0.2) is 29.6 Å². The molecule has 2 rings (SSSR count). The Labute approximate surface area is 166 Å². The average Bonchev–Trinajstić information content (AvgIpc) is 2.99. The molecule has 0 saturated carbocycles. The van der Waals surface area contributed by atoms with Crippen LogP contribution in [0.4, 0.5) is 13.2 Å². The van der Waals surface area contributed by atoms with Crippen molar-refractivity contribution in [1.29, 1.82) is 0 Å². The van der Waals surface area contributed by atoms with Crippen LogP contribution in [0.3, 0.4) is 0 Å². The van der Waals surface area contributed by atoms with E-state index in [9.17, 15) is 18.0 Å². The molecule has 0 spiro atoms. The number of aromatic nitrogens is 1. The number of carbonyl (C=O) groups is 1. The van der Waals surface area contributed by atoms with Gasteiger partial charge in [0.25, 0.3) is 0 Å². The lowest BCUT2D eigenvalue weighted by Gasteiger charge is -2.07. The van der Waals surface area contributed by atoms with Gasteiger partial charge in [-0.25, -0.2) is 4.98 Å². The summed E-state index contributed by atoms with van der Waals surface area (Å²) in [5.41, 5.74) is 5.60.